The third-order valence-electron chi connectivity index (χ3n) is 4.29. The van der Waals surface area contributed by atoms with Gasteiger partial charge in [0.2, 0.25) is 0 Å². The second-order valence-electron chi connectivity index (χ2n) is 5.64. The Bertz CT molecular complexity index is 960. The fourth-order valence-electron chi connectivity index (χ4n) is 2.99. The van der Waals surface area contributed by atoms with Crippen LogP contribution >= 0.6 is 68.9 Å². The zero-order chi connectivity index (χ0) is 19.9. The molecular weight excluding hydrogens is 628 g/mol. The highest BCUT2D eigenvalue weighted by molar-refractivity contribution is 14.1. The minimum Gasteiger partial charge on any atom is -0.495 e. The number of thiazole rings is 1. The second kappa shape index (κ2) is 9.30. The molecule has 2 heterocycles. The summed E-state index contributed by atoms with van der Waals surface area (Å²) in [7, 11) is 3.22. The zero-order valence-corrected chi connectivity index (χ0v) is 21.7. The summed E-state index contributed by atoms with van der Waals surface area (Å²) in [6, 6.07) is 0. The summed E-state index contributed by atoms with van der Waals surface area (Å²) in [5, 5.41) is 9.28. The Kier molecular flexibility index (Phi) is 7.78. The average molecular weight is 648 g/mol. The number of benzene rings is 1. The number of nitrogen functional groups attached to an aromatic ring is 1. The van der Waals surface area contributed by atoms with Crippen molar-refractivity contribution < 1.29 is 9.47 Å². The fraction of sp³-hybridized carbons (Fsp3) is 0.353. The molecule has 0 saturated carbocycles. The van der Waals surface area contributed by atoms with E-state index in [4.69, 9.17) is 20.6 Å². The maximum Gasteiger partial charge on any atom is 0.187 e. The lowest BCUT2D eigenvalue weighted by molar-refractivity contribution is 0.397. The van der Waals surface area contributed by atoms with Crippen molar-refractivity contribution >= 4 is 91.4 Å². The van der Waals surface area contributed by atoms with Crippen LogP contribution in [0.5, 0.6) is 11.5 Å². The Morgan fingerprint density at radius 1 is 1.07 bits per heavy atom. The van der Waals surface area contributed by atoms with Crippen LogP contribution < -0.4 is 20.1 Å². The van der Waals surface area contributed by atoms with Crippen LogP contribution in [0.25, 0.3) is 0 Å². The number of anilines is 2. The summed E-state index contributed by atoms with van der Waals surface area (Å²) in [6.45, 7) is 5.85. The van der Waals surface area contributed by atoms with E-state index in [-0.39, 0.29) is 18.2 Å². The number of aliphatic imine (C=N–C) groups is 1. The Balaban J connectivity index is 0.00000280. The Hall–Kier alpha value is -0.860. The number of aromatic nitrogens is 1. The monoisotopic (exact) mass is 647 g/mol. The van der Waals surface area contributed by atoms with E-state index in [0.29, 0.717) is 28.6 Å². The molecule has 1 aromatic heterocycles. The number of fused-ring (bicyclic) bond motifs is 1. The number of nitrogens with zero attached hydrogens (tertiary/aromatic N) is 3. The van der Waals surface area contributed by atoms with E-state index in [0.717, 1.165) is 35.8 Å². The highest BCUT2D eigenvalue weighted by Gasteiger charge is 2.35. The van der Waals surface area contributed by atoms with E-state index >= 15 is 0 Å². The molecule has 0 atom stereocenters. The van der Waals surface area contributed by atoms with Crippen molar-refractivity contribution in [1.29, 1.82) is 5.41 Å². The topological polar surface area (TPSA) is 96.8 Å². The van der Waals surface area contributed by atoms with Crippen molar-refractivity contribution in [3.05, 3.63) is 23.1 Å². The van der Waals surface area contributed by atoms with Gasteiger partial charge in [-0.25, -0.2) is 9.98 Å². The minimum atomic E-state index is 0. The third-order valence-corrected chi connectivity index (χ3v) is 8.52. The third kappa shape index (κ3) is 3.67. The molecule has 0 saturated heterocycles. The van der Waals surface area contributed by atoms with Crippen molar-refractivity contribution in [2.45, 2.75) is 13.8 Å². The van der Waals surface area contributed by atoms with Crippen LogP contribution in [0.3, 0.4) is 0 Å². The van der Waals surface area contributed by atoms with Crippen molar-refractivity contribution in [3.8, 4) is 11.5 Å². The number of hydrogen-bond acceptors (Lipinski definition) is 7. The van der Waals surface area contributed by atoms with Gasteiger partial charge in [0.05, 0.1) is 43.1 Å². The van der Waals surface area contributed by atoms with E-state index in [1.807, 2.05) is 0 Å². The smallest absolute Gasteiger partial charge is 0.187 e. The first-order chi connectivity index (χ1) is 12.9. The van der Waals surface area contributed by atoms with Gasteiger partial charge in [0.15, 0.2) is 11.0 Å². The van der Waals surface area contributed by atoms with Gasteiger partial charge in [0.25, 0.3) is 0 Å². The van der Waals surface area contributed by atoms with Crippen LogP contribution in [0.1, 0.15) is 29.9 Å². The van der Waals surface area contributed by atoms with Crippen LogP contribution in [-0.4, -0.2) is 43.8 Å². The molecule has 0 fully saturated rings. The molecule has 152 valence electrons. The molecule has 7 nitrogen and oxygen atoms in total. The van der Waals surface area contributed by atoms with Gasteiger partial charge in [-0.3, -0.25) is 5.41 Å². The second-order valence-corrected chi connectivity index (χ2v) is 8.77. The standard InChI is InChI=1S/C17H19I2N5O2S.ClH/c1-5-24(6-2)17-23-16(21)14(27-17)11-7-8(15(20)22-11)13(26-4)10(19)9(18)12(7)25-3;/h20H,5-6,21H2,1-4H3;1H. The molecule has 2 aromatic rings. The number of rotatable bonds is 6. The lowest BCUT2D eigenvalue weighted by Gasteiger charge is -2.17. The number of nitrogens with two attached hydrogens (primary N) is 1. The SMILES string of the molecule is CCN(CC)c1nc(N)c(C2=NC(=N)c3c(OC)c(I)c(I)c(OC)c32)s1.Cl. The van der Waals surface area contributed by atoms with E-state index in [1.165, 1.54) is 11.3 Å². The lowest BCUT2D eigenvalue weighted by atomic mass is 10.0. The van der Waals surface area contributed by atoms with Gasteiger partial charge >= 0.3 is 0 Å². The molecular formula is C17H20ClI2N5O2S. The first-order valence-corrected chi connectivity index (χ1v) is 11.2. The molecule has 28 heavy (non-hydrogen) atoms. The fourth-order valence-corrected chi connectivity index (χ4v) is 5.57. The van der Waals surface area contributed by atoms with Crippen molar-refractivity contribution in [1.82, 2.24) is 4.98 Å². The zero-order valence-electron chi connectivity index (χ0n) is 15.7. The van der Waals surface area contributed by atoms with Crippen LogP contribution in [0, 0.1) is 12.5 Å². The van der Waals surface area contributed by atoms with E-state index in [9.17, 15) is 0 Å². The molecule has 11 heteroatoms. The molecule has 3 rings (SSSR count). The van der Waals surface area contributed by atoms with Crippen molar-refractivity contribution in [2.75, 3.05) is 37.9 Å². The lowest BCUT2D eigenvalue weighted by Crippen LogP contribution is -2.21. The molecule has 0 radical (unpaired) electrons. The predicted molar refractivity (Wildman–Crippen MR) is 135 cm³/mol. The largest absolute Gasteiger partial charge is 0.495 e. The molecule has 0 aliphatic carbocycles. The van der Waals surface area contributed by atoms with Gasteiger partial charge in [-0.15, -0.1) is 12.4 Å². The maximum atomic E-state index is 8.43. The van der Waals surface area contributed by atoms with Gasteiger partial charge in [-0.1, -0.05) is 11.3 Å². The predicted octanol–water partition coefficient (Wildman–Crippen LogP) is 4.40. The van der Waals surface area contributed by atoms with E-state index in [1.54, 1.807) is 14.2 Å². The van der Waals surface area contributed by atoms with Gasteiger partial charge in [-0.2, -0.15) is 0 Å². The minimum absolute atomic E-state index is 0. The molecule has 0 amide bonds. The number of hydrogen-bond donors (Lipinski definition) is 2. The molecule has 1 aliphatic rings. The van der Waals surface area contributed by atoms with Crippen molar-refractivity contribution in [3.63, 3.8) is 0 Å². The summed E-state index contributed by atoms with van der Waals surface area (Å²) < 4.78 is 13.1. The molecule has 1 aliphatic heterocycles. The van der Waals surface area contributed by atoms with Gasteiger partial charge in [-0.05, 0) is 59.0 Å². The van der Waals surface area contributed by atoms with E-state index < -0.39 is 0 Å². The number of amidine groups is 1. The average Bonchev–Trinajstić information content (AvgIpc) is 3.18. The summed E-state index contributed by atoms with van der Waals surface area (Å²) in [6.07, 6.45) is 0. The van der Waals surface area contributed by atoms with Crippen LogP contribution in [-0.2, 0) is 0 Å². The summed E-state index contributed by atoms with van der Waals surface area (Å²) >= 11 is 5.92. The first-order valence-electron chi connectivity index (χ1n) is 8.21. The quantitative estimate of drug-likeness (QED) is 0.454. The number of halogens is 3. The van der Waals surface area contributed by atoms with Crippen LogP contribution in [0.4, 0.5) is 10.9 Å². The highest BCUT2D eigenvalue weighted by atomic mass is 127. The van der Waals surface area contributed by atoms with E-state index in [2.05, 4.69) is 73.9 Å². The summed E-state index contributed by atoms with van der Waals surface area (Å²) in [5.74, 6) is 1.86. The normalized spacial score (nSPS) is 12.4. The van der Waals surface area contributed by atoms with Gasteiger partial charge < -0.3 is 20.1 Å². The molecule has 0 unspecified atom stereocenters. The highest BCUT2D eigenvalue weighted by Crippen LogP contribution is 2.45. The van der Waals surface area contributed by atoms with Crippen LogP contribution in [0.15, 0.2) is 4.99 Å². The summed E-state index contributed by atoms with van der Waals surface area (Å²) in [5.41, 5.74) is 8.24. The van der Waals surface area contributed by atoms with Crippen molar-refractivity contribution in [2.24, 2.45) is 4.99 Å². The van der Waals surface area contributed by atoms with Crippen LogP contribution in [0.2, 0.25) is 0 Å². The number of methoxy groups -OCH3 is 2. The first kappa shape index (κ1) is 23.4. The molecule has 1 aromatic carbocycles. The van der Waals surface area contributed by atoms with Gasteiger partial charge in [0, 0.05) is 13.1 Å². The molecule has 0 spiro atoms. The van der Waals surface area contributed by atoms with Gasteiger partial charge in [0.1, 0.15) is 17.3 Å². The molecule has 3 N–H and O–H groups in total. The number of nitrogens with one attached hydrogen (secondary N) is 1. The number of ether oxygens (including phenoxy) is 2. The maximum absolute atomic E-state index is 8.43. The summed E-state index contributed by atoms with van der Waals surface area (Å²) in [4.78, 5) is 11.9. The Morgan fingerprint density at radius 3 is 2.11 bits per heavy atom. The molecule has 0 bridgehead atoms. The Morgan fingerprint density at radius 2 is 1.61 bits per heavy atom. The Labute approximate surface area is 201 Å².